The van der Waals surface area contributed by atoms with E-state index in [9.17, 15) is 14.4 Å². The van der Waals surface area contributed by atoms with Gasteiger partial charge in [0.05, 0.1) is 0 Å². The first-order valence-corrected chi connectivity index (χ1v) is 6.16. The Morgan fingerprint density at radius 1 is 1.35 bits per heavy atom. The van der Waals surface area contributed by atoms with Crippen molar-refractivity contribution in [2.45, 2.75) is 51.5 Å². The molecule has 2 fully saturated rings. The van der Waals surface area contributed by atoms with Crippen molar-refractivity contribution in [3.8, 4) is 0 Å². The fourth-order valence-electron chi connectivity index (χ4n) is 2.55. The standard InChI is InChI=1S/C12H18N2O3/c1-12(6-2-3-7-12)11(17)13-8-4-5-9(15)14-10(8)16/h8H,2-7H2,1H3,(H,13,17)(H,14,15,16). The Bertz CT molecular complexity index is 359. The van der Waals surface area contributed by atoms with Gasteiger partial charge in [-0.15, -0.1) is 0 Å². The summed E-state index contributed by atoms with van der Waals surface area (Å²) in [6.07, 6.45) is 4.61. The molecule has 5 nitrogen and oxygen atoms in total. The van der Waals surface area contributed by atoms with E-state index in [1.165, 1.54) is 0 Å². The van der Waals surface area contributed by atoms with Crippen LogP contribution in [0.2, 0.25) is 0 Å². The number of hydrogen-bond acceptors (Lipinski definition) is 3. The van der Waals surface area contributed by atoms with Gasteiger partial charge in [0, 0.05) is 11.8 Å². The fraction of sp³-hybridized carbons (Fsp3) is 0.750. The molecule has 0 aromatic rings. The highest BCUT2D eigenvalue weighted by atomic mass is 16.2. The van der Waals surface area contributed by atoms with Crippen molar-refractivity contribution in [1.29, 1.82) is 0 Å². The fourth-order valence-corrected chi connectivity index (χ4v) is 2.55. The highest BCUT2D eigenvalue weighted by Crippen LogP contribution is 2.37. The largest absolute Gasteiger partial charge is 0.344 e. The van der Waals surface area contributed by atoms with Gasteiger partial charge in [0.15, 0.2) is 0 Å². The monoisotopic (exact) mass is 238 g/mol. The molecule has 0 aromatic heterocycles. The van der Waals surface area contributed by atoms with Crippen LogP contribution in [-0.2, 0) is 14.4 Å². The maximum atomic E-state index is 12.1. The van der Waals surface area contributed by atoms with Crippen molar-refractivity contribution in [2.24, 2.45) is 5.41 Å². The summed E-state index contributed by atoms with van der Waals surface area (Å²) in [4.78, 5) is 34.6. The van der Waals surface area contributed by atoms with E-state index < -0.39 is 6.04 Å². The van der Waals surface area contributed by atoms with Crippen molar-refractivity contribution in [1.82, 2.24) is 10.6 Å². The second kappa shape index (κ2) is 4.47. The van der Waals surface area contributed by atoms with Crippen molar-refractivity contribution in [3.05, 3.63) is 0 Å². The number of imide groups is 1. The summed E-state index contributed by atoms with van der Waals surface area (Å²) < 4.78 is 0. The zero-order valence-electron chi connectivity index (χ0n) is 10.0. The molecular weight excluding hydrogens is 220 g/mol. The van der Waals surface area contributed by atoms with Crippen LogP contribution in [0.3, 0.4) is 0 Å². The third-order valence-electron chi connectivity index (χ3n) is 3.80. The zero-order chi connectivity index (χ0) is 12.5. The number of piperidine rings is 1. The summed E-state index contributed by atoms with van der Waals surface area (Å²) in [5.74, 6) is -0.687. The average molecular weight is 238 g/mol. The number of carbonyl (C=O) groups excluding carboxylic acids is 3. The van der Waals surface area contributed by atoms with Crippen LogP contribution in [0.1, 0.15) is 45.4 Å². The van der Waals surface area contributed by atoms with Crippen LogP contribution in [0.5, 0.6) is 0 Å². The minimum Gasteiger partial charge on any atom is -0.344 e. The van der Waals surface area contributed by atoms with E-state index >= 15 is 0 Å². The van der Waals surface area contributed by atoms with Crippen LogP contribution < -0.4 is 10.6 Å². The highest BCUT2D eigenvalue weighted by Gasteiger charge is 2.38. The number of rotatable bonds is 2. The number of carbonyl (C=O) groups is 3. The van der Waals surface area contributed by atoms with Gasteiger partial charge < -0.3 is 5.32 Å². The summed E-state index contributed by atoms with van der Waals surface area (Å²) in [5.41, 5.74) is -0.332. The van der Waals surface area contributed by atoms with Crippen LogP contribution in [-0.4, -0.2) is 23.8 Å². The normalized spacial score (nSPS) is 27.7. The molecule has 1 saturated heterocycles. The van der Waals surface area contributed by atoms with Gasteiger partial charge in [0.2, 0.25) is 17.7 Å². The van der Waals surface area contributed by atoms with Gasteiger partial charge in [-0.2, -0.15) is 0 Å². The predicted molar refractivity (Wildman–Crippen MR) is 60.9 cm³/mol. The molecule has 0 radical (unpaired) electrons. The first kappa shape index (κ1) is 12.1. The maximum absolute atomic E-state index is 12.1. The third kappa shape index (κ3) is 2.48. The Balaban J connectivity index is 1.94. The van der Waals surface area contributed by atoms with Crippen LogP contribution in [0.4, 0.5) is 0 Å². The summed E-state index contributed by atoms with van der Waals surface area (Å²) in [6, 6.07) is -0.544. The van der Waals surface area contributed by atoms with Gasteiger partial charge in [-0.3, -0.25) is 19.7 Å². The molecule has 3 amide bonds. The van der Waals surface area contributed by atoms with Gasteiger partial charge in [0.25, 0.3) is 0 Å². The molecule has 94 valence electrons. The molecule has 2 N–H and O–H groups in total. The van der Waals surface area contributed by atoms with Crippen molar-refractivity contribution in [2.75, 3.05) is 0 Å². The minimum atomic E-state index is -0.544. The van der Waals surface area contributed by atoms with Crippen molar-refractivity contribution >= 4 is 17.7 Å². The van der Waals surface area contributed by atoms with E-state index in [4.69, 9.17) is 0 Å². The van der Waals surface area contributed by atoms with Crippen molar-refractivity contribution < 1.29 is 14.4 Å². The Morgan fingerprint density at radius 3 is 2.59 bits per heavy atom. The smallest absolute Gasteiger partial charge is 0.249 e. The first-order valence-electron chi connectivity index (χ1n) is 6.16. The second-order valence-electron chi connectivity index (χ2n) is 5.24. The topological polar surface area (TPSA) is 75.3 Å². The molecule has 2 rings (SSSR count). The van der Waals surface area contributed by atoms with Gasteiger partial charge in [-0.25, -0.2) is 0 Å². The Hall–Kier alpha value is -1.39. The molecule has 1 aliphatic heterocycles. The quantitative estimate of drug-likeness (QED) is 0.687. The minimum absolute atomic E-state index is 0.0514. The summed E-state index contributed by atoms with van der Waals surface area (Å²) in [6.45, 7) is 1.95. The lowest BCUT2D eigenvalue weighted by atomic mass is 9.87. The average Bonchev–Trinajstić information content (AvgIpc) is 2.71. The second-order valence-corrected chi connectivity index (χ2v) is 5.24. The predicted octanol–water partition coefficient (Wildman–Crippen LogP) is 0.488. The summed E-state index contributed by atoms with van der Waals surface area (Å²) >= 11 is 0. The van der Waals surface area contributed by atoms with Gasteiger partial charge >= 0.3 is 0 Å². The Labute approximate surface area is 100 Å². The molecule has 0 bridgehead atoms. The van der Waals surface area contributed by atoms with Crippen LogP contribution >= 0.6 is 0 Å². The van der Waals surface area contributed by atoms with Crippen LogP contribution in [0.15, 0.2) is 0 Å². The molecule has 1 atom stereocenters. The number of nitrogens with one attached hydrogen (secondary N) is 2. The highest BCUT2D eigenvalue weighted by molar-refractivity contribution is 6.02. The molecule has 0 aromatic carbocycles. The van der Waals surface area contributed by atoms with Gasteiger partial charge in [-0.05, 0) is 19.3 Å². The Morgan fingerprint density at radius 2 is 2.00 bits per heavy atom. The number of hydrogen-bond donors (Lipinski definition) is 2. The van der Waals surface area contributed by atoms with E-state index in [1.807, 2.05) is 6.92 Å². The lowest BCUT2D eigenvalue weighted by Crippen LogP contribution is -2.54. The van der Waals surface area contributed by atoms with E-state index in [0.717, 1.165) is 25.7 Å². The summed E-state index contributed by atoms with van der Waals surface area (Å²) in [7, 11) is 0. The van der Waals surface area contributed by atoms with Gasteiger partial charge in [0.1, 0.15) is 6.04 Å². The molecule has 5 heteroatoms. The van der Waals surface area contributed by atoms with Crippen LogP contribution in [0, 0.1) is 5.41 Å². The van der Waals surface area contributed by atoms with E-state index in [-0.39, 0.29) is 23.1 Å². The molecule has 1 aliphatic carbocycles. The third-order valence-corrected chi connectivity index (χ3v) is 3.80. The molecule has 1 heterocycles. The van der Waals surface area contributed by atoms with Gasteiger partial charge in [-0.1, -0.05) is 19.8 Å². The molecule has 2 aliphatic rings. The molecule has 0 spiro atoms. The van der Waals surface area contributed by atoms with E-state index in [0.29, 0.717) is 12.8 Å². The van der Waals surface area contributed by atoms with E-state index in [1.54, 1.807) is 0 Å². The maximum Gasteiger partial charge on any atom is 0.249 e. The van der Waals surface area contributed by atoms with Crippen molar-refractivity contribution in [3.63, 3.8) is 0 Å². The number of amides is 3. The summed E-state index contributed by atoms with van der Waals surface area (Å²) in [5, 5.41) is 5.01. The van der Waals surface area contributed by atoms with E-state index in [2.05, 4.69) is 10.6 Å². The van der Waals surface area contributed by atoms with Crippen LogP contribution in [0.25, 0.3) is 0 Å². The molecule has 17 heavy (non-hydrogen) atoms. The zero-order valence-corrected chi connectivity index (χ0v) is 10.0. The molecular formula is C12H18N2O3. The lowest BCUT2D eigenvalue weighted by molar-refractivity contribution is -0.139. The molecule has 1 unspecified atom stereocenters. The lowest BCUT2D eigenvalue weighted by Gasteiger charge is -2.27. The first-order chi connectivity index (χ1) is 8.01. The Kier molecular flexibility index (Phi) is 3.17. The molecule has 1 saturated carbocycles. The SMILES string of the molecule is CC1(C(=O)NC2CCC(=O)NC2=O)CCCC1.